The molecule has 0 saturated heterocycles. The number of halogens is 6. The molecule has 4 aromatic rings. The molecule has 2 heterocycles. The molecular formula is C16H6F6N2S2. The lowest BCUT2D eigenvalue weighted by Crippen LogP contribution is -2.11. The fourth-order valence-electron chi connectivity index (χ4n) is 2.48. The molecule has 134 valence electrons. The molecule has 0 aliphatic heterocycles. The number of nitrogens with zero attached hydrogens (tertiary/aromatic N) is 2. The Morgan fingerprint density at radius 2 is 1.35 bits per heavy atom. The van der Waals surface area contributed by atoms with Crippen LogP contribution in [0.1, 0.15) is 11.1 Å². The Morgan fingerprint density at radius 1 is 0.731 bits per heavy atom. The molecule has 0 bridgehead atoms. The average Bonchev–Trinajstić information content (AvgIpc) is 3.15. The molecule has 0 aliphatic rings. The molecule has 4 rings (SSSR count). The van der Waals surface area contributed by atoms with Crippen LogP contribution in [0, 0.1) is 0 Å². The molecule has 0 spiro atoms. The predicted molar refractivity (Wildman–Crippen MR) is 88.2 cm³/mol. The van der Waals surface area contributed by atoms with Gasteiger partial charge in [-0.25, -0.2) is 9.97 Å². The molecule has 0 aliphatic carbocycles. The summed E-state index contributed by atoms with van der Waals surface area (Å²) in [4.78, 5) is 8.37. The Labute approximate surface area is 149 Å². The van der Waals surface area contributed by atoms with Crippen LogP contribution in [-0.2, 0) is 12.4 Å². The van der Waals surface area contributed by atoms with E-state index in [1.807, 2.05) is 0 Å². The third-order valence-corrected chi connectivity index (χ3v) is 5.53. The van der Waals surface area contributed by atoms with Gasteiger partial charge < -0.3 is 0 Å². The summed E-state index contributed by atoms with van der Waals surface area (Å²) >= 11 is 2.40. The third kappa shape index (κ3) is 3.03. The number of thiazole rings is 2. The summed E-state index contributed by atoms with van der Waals surface area (Å²) in [5, 5.41) is 0.0919. The van der Waals surface area contributed by atoms with Gasteiger partial charge in [0.15, 0.2) is 0 Å². The number of alkyl halides is 6. The van der Waals surface area contributed by atoms with Crippen molar-refractivity contribution in [2.45, 2.75) is 12.4 Å². The summed E-state index contributed by atoms with van der Waals surface area (Å²) in [6.45, 7) is 0. The van der Waals surface area contributed by atoms with Gasteiger partial charge in [-0.05, 0) is 30.3 Å². The number of hydrogen-bond acceptors (Lipinski definition) is 4. The smallest absolute Gasteiger partial charge is 0.245 e. The lowest BCUT2D eigenvalue weighted by Gasteiger charge is -2.13. The molecule has 0 radical (unpaired) electrons. The zero-order valence-electron chi connectivity index (χ0n) is 12.4. The van der Waals surface area contributed by atoms with Gasteiger partial charge in [0.1, 0.15) is 5.01 Å². The fraction of sp³-hybridized carbons (Fsp3) is 0.125. The van der Waals surface area contributed by atoms with E-state index in [2.05, 4.69) is 9.97 Å². The minimum atomic E-state index is -4.89. The van der Waals surface area contributed by atoms with E-state index in [1.54, 1.807) is 17.6 Å². The van der Waals surface area contributed by atoms with E-state index in [-0.39, 0.29) is 16.6 Å². The summed E-state index contributed by atoms with van der Waals surface area (Å²) in [7, 11) is 0. The van der Waals surface area contributed by atoms with Crippen LogP contribution in [0.4, 0.5) is 26.3 Å². The van der Waals surface area contributed by atoms with Crippen LogP contribution < -0.4 is 0 Å². The van der Waals surface area contributed by atoms with E-state index >= 15 is 0 Å². The summed E-state index contributed by atoms with van der Waals surface area (Å²) in [6.07, 6.45) is -9.78. The van der Waals surface area contributed by atoms with Crippen molar-refractivity contribution in [2.75, 3.05) is 0 Å². The van der Waals surface area contributed by atoms with E-state index in [9.17, 15) is 26.3 Å². The van der Waals surface area contributed by atoms with Gasteiger partial charge in [0, 0.05) is 5.56 Å². The molecule has 26 heavy (non-hydrogen) atoms. The minimum absolute atomic E-state index is 0.0919. The summed E-state index contributed by atoms with van der Waals surface area (Å²) < 4.78 is 79.6. The highest BCUT2D eigenvalue weighted by atomic mass is 32.1. The van der Waals surface area contributed by atoms with Gasteiger partial charge in [-0.1, -0.05) is 0 Å². The van der Waals surface area contributed by atoms with Crippen LogP contribution in [0.25, 0.3) is 31.0 Å². The molecule has 10 heteroatoms. The zero-order chi connectivity index (χ0) is 18.7. The van der Waals surface area contributed by atoms with Crippen LogP contribution >= 0.6 is 22.7 Å². The number of rotatable bonds is 1. The molecular weight excluding hydrogens is 398 g/mol. The maximum atomic E-state index is 13.0. The van der Waals surface area contributed by atoms with Gasteiger partial charge in [-0.2, -0.15) is 26.3 Å². The SMILES string of the molecule is FC(F)(F)c1cc(-c2nc3cc4scnc4cc3s2)cc(C(F)(F)F)c1. The first-order valence-electron chi connectivity index (χ1n) is 7.05. The summed E-state index contributed by atoms with van der Waals surface area (Å²) in [6, 6.07) is 4.93. The summed E-state index contributed by atoms with van der Waals surface area (Å²) in [5.41, 5.74) is -0.0686. The highest BCUT2D eigenvalue weighted by Gasteiger charge is 2.37. The molecule has 0 saturated carbocycles. The maximum absolute atomic E-state index is 13.0. The monoisotopic (exact) mass is 404 g/mol. The topological polar surface area (TPSA) is 25.8 Å². The fourth-order valence-corrected chi connectivity index (χ4v) is 4.14. The Morgan fingerprint density at radius 3 is 1.96 bits per heavy atom. The van der Waals surface area contributed by atoms with Gasteiger partial charge in [0.2, 0.25) is 0 Å². The maximum Gasteiger partial charge on any atom is 0.416 e. The summed E-state index contributed by atoms with van der Waals surface area (Å²) in [5.74, 6) is 0. The van der Waals surface area contributed by atoms with E-state index in [4.69, 9.17) is 0 Å². The number of benzene rings is 2. The van der Waals surface area contributed by atoms with E-state index in [0.717, 1.165) is 16.0 Å². The van der Waals surface area contributed by atoms with Gasteiger partial charge >= 0.3 is 12.4 Å². The van der Waals surface area contributed by atoms with Crippen LogP contribution in [0.15, 0.2) is 35.8 Å². The standard InChI is InChI=1S/C16H6F6N2S2/c17-15(18,19)8-1-7(2-9(3-8)16(20,21)22)14-24-11-5-12-10(23-6-25-12)4-13(11)26-14/h1-6H. The van der Waals surface area contributed by atoms with Gasteiger partial charge in [-0.15, -0.1) is 22.7 Å². The van der Waals surface area contributed by atoms with Crippen molar-refractivity contribution in [1.29, 1.82) is 0 Å². The second-order valence-corrected chi connectivity index (χ2v) is 7.37. The number of aromatic nitrogens is 2. The van der Waals surface area contributed by atoms with Gasteiger partial charge in [0.05, 0.1) is 37.1 Å². The van der Waals surface area contributed by atoms with Crippen molar-refractivity contribution in [3.05, 3.63) is 47.0 Å². The average molecular weight is 404 g/mol. The Hall–Kier alpha value is -2.20. The van der Waals surface area contributed by atoms with Crippen molar-refractivity contribution in [3.63, 3.8) is 0 Å². The minimum Gasteiger partial charge on any atom is -0.245 e. The van der Waals surface area contributed by atoms with Crippen LogP contribution in [-0.4, -0.2) is 9.97 Å². The molecule has 0 fully saturated rings. The third-order valence-electron chi connectivity index (χ3n) is 3.68. The number of fused-ring (bicyclic) bond motifs is 2. The highest BCUT2D eigenvalue weighted by molar-refractivity contribution is 7.22. The molecule has 0 amide bonds. The quantitative estimate of drug-likeness (QED) is 0.334. The molecule has 2 aromatic carbocycles. The Kier molecular flexibility index (Phi) is 3.74. The second kappa shape index (κ2) is 5.65. The zero-order valence-corrected chi connectivity index (χ0v) is 14.1. The largest absolute Gasteiger partial charge is 0.416 e. The van der Waals surface area contributed by atoms with Crippen LogP contribution in [0.3, 0.4) is 0 Å². The lowest BCUT2D eigenvalue weighted by atomic mass is 10.1. The van der Waals surface area contributed by atoms with Crippen molar-refractivity contribution in [1.82, 2.24) is 9.97 Å². The van der Waals surface area contributed by atoms with E-state index in [0.29, 0.717) is 27.9 Å². The molecule has 0 unspecified atom stereocenters. The van der Waals surface area contributed by atoms with Crippen molar-refractivity contribution in [3.8, 4) is 10.6 Å². The lowest BCUT2D eigenvalue weighted by molar-refractivity contribution is -0.143. The van der Waals surface area contributed by atoms with E-state index < -0.39 is 23.5 Å². The molecule has 0 N–H and O–H groups in total. The highest BCUT2D eigenvalue weighted by Crippen LogP contribution is 2.40. The Balaban J connectivity index is 1.92. The molecule has 0 atom stereocenters. The predicted octanol–water partition coefficient (Wildman–Crippen LogP) is 6.61. The van der Waals surface area contributed by atoms with Crippen LogP contribution in [0.5, 0.6) is 0 Å². The normalized spacial score (nSPS) is 13.0. The number of hydrogen-bond donors (Lipinski definition) is 0. The first kappa shape index (κ1) is 17.2. The van der Waals surface area contributed by atoms with Crippen molar-refractivity contribution in [2.24, 2.45) is 0 Å². The Bertz CT molecular complexity index is 1040. The van der Waals surface area contributed by atoms with Crippen molar-refractivity contribution < 1.29 is 26.3 Å². The first-order chi connectivity index (χ1) is 12.1. The van der Waals surface area contributed by atoms with Gasteiger partial charge in [-0.3, -0.25) is 0 Å². The first-order valence-corrected chi connectivity index (χ1v) is 8.74. The molecule has 2 aromatic heterocycles. The molecule has 2 nitrogen and oxygen atoms in total. The van der Waals surface area contributed by atoms with E-state index in [1.165, 1.54) is 11.3 Å². The van der Waals surface area contributed by atoms with Crippen LogP contribution in [0.2, 0.25) is 0 Å². The van der Waals surface area contributed by atoms with Gasteiger partial charge in [0.25, 0.3) is 0 Å². The second-order valence-electron chi connectivity index (χ2n) is 5.45. The van der Waals surface area contributed by atoms with Crippen molar-refractivity contribution >= 4 is 43.1 Å².